The molecule has 0 bridgehead atoms. The third kappa shape index (κ3) is 6.45. The van der Waals surface area contributed by atoms with Crippen molar-refractivity contribution in [2.24, 2.45) is 0 Å². The number of benzene rings is 1. The van der Waals surface area contributed by atoms with E-state index in [2.05, 4.69) is 14.7 Å². The zero-order chi connectivity index (χ0) is 18.2. The first-order chi connectivity index (χ1) is 12.0. The van der Waals surface area contributed by atoms with Crippen molar-refractivity contribution in [1.82, 2.24) is 9.97 Å². The quantitative estimate of drug-likeness (QED) is 0.350. The van der Waals surface area contributed by atoms with E-state index in [-0.39, 0.29) is 27.0 Å². The van der Waals surface area contributed by atoms with Gasteiger partial charge in [0.1, 0.15) is 0 Å². The van der Waals surface area contributed by atoms with Crippen molar-refractivity contribution in [2.45, 2.75) is 16.7 Å². The maximum Gasteiger partial charge on any atom is 2.00 e. The molecule has 0 amide bonds. The van der Waals surface area contributed by atoms with Gasteiger partial charge in [0.15, 0.2) is 0 Å². The minimum absolute atomic E-state index is 0. The van der Waals surface area contributed by atoms with Crippen molar-refractivity contribution in [1.29, 1.82) is 0 Å². The SMILES string of the molecule is COC(=O)c1ccnc(-c2cc(C)ccn2)c1.[Pt+2].[S-]c1ccccc1[S-]. The van der Waals surface area contributed by atoms with Crippen LogP contribution in [0.4, 0.5) is 0 Å². The molecule has 4 nitrogen and oxygen atoms in total. The second kappa shape index (κ2) is 11.0. The van der Waals surface area contributed by atoms with Crippen LogP contribution in [0.2, 0.25) is 0 Å². The number of aryl methyl sites for hydroxylation is 1. The van der Waals surface area contributed by atoms with E-state index < -0.39 is 0 Å². The van der Waals surface area contributed by atoms with Crippen LogP contribution in [-0.2, 0) is 51.1 Å². The molecule has 0 atom stereocenters. The van der Waals surface area contributed by atoms with Crippen molar-refractivity contribution in [3.8, 4) is 11.4 Å². The Kier molecular flexibility index (Phi) is 9.34. The number of carbonyl (C=O) groups excluding carboxylic acids is 1. The zero-order valence-electron chi connectivity index (χ0n) is 14.1. The van der Waals surface area contributed by atoms with E-state index in [0.717, 1.165) is 21.0 Å². The molecule has 0 unspecified atom stereocenters. The molecule has 0 aliphatic rings. The van der Waals surface area contributed by atoms with Crippen molar-refractivity contribution in [3.63, 3.8) is 0 Å². The van der Waals surface area contributed by atoms with Crippen LogP contribution in [0.25, 0.3) is 11.4 Å². The van der Waals surface area contributed by atoms with E-state index in [9.17, 15) is 4.79 Å². The second-order valence-electron chi connectivity index (χ2n) is 5.09. The number of methoxy groups -OCH3 is 1. The molecule has 1 aromatic carbocycles. The summed E-state index contributed by atoms with van der Waals surface area (Å²) in [5.74, 6) is -0.374. The summed E-state index contributed by atoms with van der Waals surface area (Å²) in [4.78, 5) is 21.3. The van der Waals surface area contributed by atoms with E-state index in [1.54, 1.807) is 24.5 Å². The number of hydrogen-bond acceptors (Lipinski definition) is 6. The molecular weight excluding hydrogens is 547 g/mol. The topological polar surface area (TPSA) is 52.1 Å². The number of carbonyl (C=O) groups is 1. The Hall–Kier alpha value is -1.88. The molecule has 0 N–H and O–H groups in total. The van der Waals surface area contributed by atoms with Gasteiger partial charge in [0.25, 0.3) is 0 Å². The monoisotopic (exact) mass is 563 g/mol. The predicted octanol–water partition coefficient (Wildman–Crippen LogP) is 3.73. The Morgan fingerprint density at radius 3 is 1.96 bits per heavy atom. The molecule has 26 heavy (non-hydrogen) atoms. The summed E-state index contributed by atoms with van der Waals surface area (Å²) in [6, 6.07) is 14.6. The fourth-order valence-electron chi connectivity index (χ4n) is 1.94. The summed E-state index contributed by atoms with van der Waals surface area (Å²) in [6.07, 6.45) is 3.29. The van der Waals surface area contributed by atoms with Gasteiger partial charge in [-0.15, -0.1) is 0 Å². The smallest absolute Gasteiger partial charge is 0.781 e. The van der Waals surface area contributed by atoms with Gasteiger partial charge in [-0.05, 0) is 36.8 Å². The van der Waals surface area contributed by atoms with Gasteiger partial charge in [0, 0.05) is 12.4 Å². The summed E-state index contributed by atoms with van der Waals surface area (Å²) >= 11 is 9.70. The van der Waals surface area contributed by atoms with Crippen LogP contribution in [0.5, 0.6) is 0 Å². The molecule has 0 saturated carbocycles. The van der Waals surface area contributed by atoms with Gasteiger partial charge in [-0.1, -0.05) is 24.3 Å². The summed E-state index contributed by atoms with van der Waals surface area (Å²) in [5, 5.41) is 0. The number of rotatable bonds is 2. The van der Waals surface area contributed by atoms with Gasteiger partial charge in [-0.25, -0.2) is 4.79 Å². The minimum Gasteiger partial charge on any atom is -0.781 e. The van der Waals surface area contributed by atoms with E-state index in [0.29, 0.717) is 11.3 Å². The standard InChI is InChI=1S/C13H12N2O2.C6H6S2.Pt/c1-9-3-5-14-11(7-9)12-8-10(4-6-15-12)13(16)17-2;7-5-3-1-2-4-6(5)8;/h3-8H,1-2H3;1-4,7-8H;/q;;+2/p-2. The van der Waals surface area contributed by atoms with E-state index in [1.165, 1.54) is 7.11 Å². The molecule has 0 spiro atoms. The number of ether oxygens (including phenoxy) is 1. The molecule has 0 radical (unpaired) electrons. The Bertz CT molecular complexity index is 854. The second-order valence-corrected chi connectivity index (χ2v) is 5.97. The third-order valence-electron chi connectivity index (χ3n) is 3.21. The molecule has 2 heterocycles. The van der Waals surface area contributed by atoms with E-state index in [1.807, 2.05) is 43.3 Å². The molecule has 3 rings (SSSR count). The normalized spacial score (nSPS) is 9.31. The van der Waals surface area contributed by atoms with Crippen LogP contribution in [0.3, 0.4) is 0 Å². The molecule has 0 aliphatic carbocycles. The molecule has 7 heteroatoms. The molecule has 0 aliphatic heterocycles. The van der Waals surface area contributed by atoms with Crippen molar-refractivity contribution >= 4 is 31.2 Å². The van der Waals surface area contributed by atoms with Gasteiger partial charge >= 0.3 is 27.0 Å². The molecule has 2 aromatic heterocycles. The minimum atomic E-state index is -0.374. The number of esters is 1. The Balaban J connectivity index is 0.000000318. The van der Waals surface area contributed by atoms with E-state index >= 15 is 0 Å². The van der Waals surface area contributed by atoms with Gasteiger partial charge in [-0.3, -0.25) is 9.97 Å². The van der Waals surface area contributed by atoms with Gasteiger partial charge in [-0.2, -0.15) is 9.79 Å². The first-order valence-corrected chi connectivity index (χ1v) is 8.23. The average Bonchev–Trinajstić information content (AvgIpc) is 2.64. The fourth-order valence-corrected chi connectivity index (χ4v) is 2.24. The Labute approximate surface area is 178 Å². The summed E-state index contributed by atoms with van der Waals surface area (Å²) < 4.78 is 4.66. The molecular formula is C19H16N2O2PtS2. The first kappa shape index (κ1) is 22.2. The molecule has 136 valence electrons. The zero-order valence-corrected chi connectivity index (χ0v) is 18.0. The van der Waals surface area contributed by atoms with Crippen LogP contribution in [-0.4, -0.2) is 23.0 Å². The van der Waals surface area contributed by atoms with Gasteiger partial charge < -0.3 is 30.0 Å². The van der Waals surface area contributed by atoms with Crippen LogP contribution in [0, 0.1) is 6.92 Å². The van der Waals surface area contributed by atoms with Gasteiger partial charge in [0.2, 0.25) is 0 Å². The molecule has 0 fully saturated rings. The van der Waals surface area contributed by atoms with Crippen LogP contribution in [0.15, 0.2) is 70.7 Å². The van der Waals surface area contributed by atoms with Crippen molar-refractivity contribution in [2.75, 3.05) is 7.11 Å². The van der Waals surface area contributed by atoms with Crippen molar-refractivity contribution in [3.05, 3.63) is 72.1 Å². The van der Waals surface area contributed by atoms with Crippen molar-refractivity contribution < 1.29 is 30.6 Å². The summed E-state index contributed by atoms with van der Waals surface area (Å²) in [7, 11) is 1.35. The number of aromatic nitrogens is 2. The summed E-state index contributed by atoms with van der Waals surface area (Å²) in [6.45, 7) is 1.98. The molecule has 3 aromatic rings. The average molecular weight is 564 g/mol. The number of pyridine rings is 2. The van der Waals surface area contributed by atoms with Gasteiger partial charge in [0.05, 0.1) is 24.1 Å². The first-order valence-electron chi connectivity index (χ1n) is 7.41. The van der Waals surface area contributed by atoms with Crippen LogP contribution in [0.1, 0.15) is 15.9 Å². The number of nitrogens with zero attached hydrogens (tertiary/aromatic N) is 2. The Morgan fingerprint density at radius 1 is 0.923 bits per heavy atom. The number of hydrogen-bond donors (Lipinski definition) is 0. The predicted molar refractivity (Wildman–Crippen MR) is 101 cm³/mol. The van der Waals surface area contributed by atoms with Crippen LogP contribution >= 0.6 is 0 Å². The fraction of sp³-hybridized carbons (Fsp3) is 0.105. The largest absolute Gasteiger partial charge is 2.00 e. The maximum absolute atomic E-state index is 11.4. The maximum atomic E-state index is 11.4. The van der Waals surface area contributed by atoms with E-state index in [4.69, 9.17) is 25.3 Å². The third-order valence-corrected chi connectivity index (χ3v) is 4.05. The molecule has 0 saturated heterocycles. The summed E-state index contributed by atoms with van der Waals surface area (Å²) in [5.41, 5.74) is 2.98. The van der Waals surface area contributed by atoms with Crippen LogP contribution < -0.4 is 0 Å². The Morgan fingerprint density at radius 2 is 1.46 bits per heavy atom.